The number of anilines is 2. The zero-order chi connectivity index (χ0) is 14.8. The highest BCUT2D eigenvalue weighted by Gasteiger charge is 2.19. The molecule has 110 valence electrons. The average Bonchev–Trinajstić information content (AvgIpc) is 2.47. The van der Waals surface area contributed by atoms with Crippen molar-refractivity contribution in [3.05, 3.63) is 46.6 Å². The average molecular weight is 351 g/mol. The van der Waals surface area contributed by atoms with E-state index < -0.39 is 0 Å². The molecule has 0 atom stereocenters. The van der Waals surface area contributed by atoms with Crippen LogP contribution in [0, 0.1) is 12.7 Å². The van der Waals surface area contributed by atoms with E-state index in [-0.39, 0.29) is 5.82 Å². The molecule has 1 aliphatic rings. The molecule has 1 aliphatic heterocycles. The Morgan fingerprint density at radius 1 is 1.00 bits per heavy atom. The Hall–Kier alpha value is -1.69. The van der Waals surface area contributed by atoms with Crippen molar-refractivity contribution in [2.24, 2.45) is 0 Å². The van der Waals surface area contributed by atoms with E-state index in [0.29, 0.717) is 0 Å². The fourth-order valence-corrected chi connectivity index (χ4v) is 2.99. The maximum absolute atomic E-state index is 13.0. The SMILES string of the molecule is Cc1nc(Br)cc(N2CCN(c3ccc(F)cc3)CC2)n1. The van der Waals surface area contributed by atoms with E-state index in [0.717, 1.165) is 48.1 Å². The number of aromatic nitrogens is 2. The topological polar surface area (TPSA) is 32.3 Å². The summed E-state index contributed by atoms with van der Waals surface area (Å²) in [5.74, 6) is 1.52. The number of halogens is 2. The monoisotopic (exact) mass is 350 g/mol. The standard InChI is InChI=1S/C15H16BrFN4/c1-11-18-14(16)10-15(19-11)21-8-6-20(7-9-21)13-4-2-12(17)3-5-13/h2-5,10H,6-9H2,1H3. The summed E-state index contributed by atoms with van der Waals surface area (Å²) in [6.07, 6.45) is 0. The predicted octanol–water partition coefficient (Wildman–Crippen LogP) is 3.01. The van der Waals surface area contributed by atoms with E-state index in [1.807, 2.05) is 25.1 Å². The molecule has 21 heavy (non-hydrogen) atoms. The first-order valence-corrected chi connectivity index (χ1v) is 7.68. The largest absolute Gasteiger partial charge is 0.368 e. The van der Waals surface area contributed by atoms with E-state index in [2.05, 4.69) is 35.7 Å². The third kappa shape index (κ3) is 3.32. The summed E-state index contributed by atoms with van der Waals surface area (Å²) in [5.41, 5.74) is 1.07. The lowest BCUT2D eigenvalue weighted by atomic mass is 10.2. The van der Waals surface area contributed by atoms with Crippen LogP contribution in [0.25, 0.3) is 0 Å². The molecule has 1 fully saturated rings. The fourth-order valence-electron chi connectivity index (χ4n) is 2.52. The summed E-state index contributed by atoms with van der Waals surface area (Å²) in [4.78, 5) is 13.2. The highest BCUT2D eigenvalue weighted by Crippen LogP contribution is 2.21. The van der Waals surface area contributed by atoms with Crippen molar-refractivity contribution in [3.63, 3.8) is 0 Å². The third-order valence-corrected chi connectivity index (χ3v) is 3.99. The molecule has 1 aromatic carbocycles. The van der Waals surface area contributed by atoms with Crippen molar-refractivity contribution in [3.8, 4) is 0 Å². The van der Waals surface area contributed by atoms with Gasteiger partial charge < -0.3 is 9.80 Å². The van der Waals surface area contributed by atoms with Gasteiger partial charge in [-0.15, -0.1) is 0 Å². The van der Waals surface area contributed by atoms with Crippen LogP contribution < -0.4 is 9.80 Å². The van der Waals surface area contributed by atoms with Crippen molar-refractivity contribution in [2.75, 3.05) is 36.0 Å². The lowest BCUT2D eigenvalue weighted by molar-refractivity contribution is 0.624. The Kier molecular flexibility index (Phi) is 4.05. The molecule has 0 spiro atoms. The molecular weight excluding hydrogens is 335 g/mol. The Labute approximate surface area is 131 Å². The predicted molar refractivity (Wildman–Crippen MR) is 85.3 cm³/mol. The lowest BCUT2D eigenvalue weighted by Crippen LogP contribution is -2.46. The highest BCUT2D eigenvalue weighted by molar-refractivity contribution is 9.10. The van der Waals surface area contributed by atoms with Crippen molar-refractivity contribution in [1.82, 2.24) is 9.97 Å². The Bertz CT molecular complexity index is 604. The fraction of sp³-hybridized carbons (Fsp3) is 0.333. The van der Waals surface area contributed by atoms with Gasteiger partial charge in [0.15, 0.2) is 0 Å². The maximum atomic E-state index is 13.0. The van der Waals surface area contributed by atoms with Gasteiger partial charge in [-0.05, 0) is 47.1 Å². The Morgan fingerprint density at radius 2 is 1.62 bits per heavy atom. The van der Waals surface area contributed by atoms with Crippen molar-refractivity contribution in [1.29, 1.82) is 0 Å². The molecule has 0 saturated carbocycles. The zero-order valence-corrected chi connectivity index (χ0v) is 13.3. The normalized spacial score (nSPS) is 15.4. The number of benzene rings is 1. The van der Waals surface area contributed by atoms with Gasteiger partial charge in [-0.1, -0.05) is 0 Å². The van der Waals surface area contributed by atoms with Crippen LogP contribution in [0.15, 0.2) is 34.9 Å². The molecule has 3 rings (SSSR count). The van der Waals surface area contributed by atoms with Crippen LogP contribution in [0.4, 0.5) is 15.9 Å². The first-order valence-electron chi connectivity index (χ1n) is 6.88. The minimum absolute atomic E-state index is 0.196. The van der Waals surface area contributed by atoms with Gasteiger partial charge >= 0.3 is 0 Å². The van der Waals surface area contributed by atoms with Gasteiger partial charge in [0.2, 0.25) is 0 Å². The summed E-state index contributed by atoms with van der Waals surface area (Å²) in [6.45, 7) is 5.46. The molecule has 1 aromatic heterocycles. The number of piperazine rings is 1. The van der Waals surface area contributed by atoms with E-state index in [4.69, 9.17) is 0 Å². The molecule has 6 heteroatoms. The Morgan fingerprint density at radius 3 is 2.24 bits per heavy atom. The van der Waals surface area contributed by atoms with Gasteiger partial charge in [-0.25, -0.2) is 14.4 Å². The molecule has 0 N–H and O–H groups in total. The second-order valence-corrected chi connectivity index (χ2v) is 5.86. The Balaban J connectivity index is 1.68. The van der Waals surface area contributed by atoms with E-state index in [1.165, 1.54) is 12.1 Å². The van der Waals surface area contributed by atoms with Crippen LogP contribution in [-0.4, -0.2) is 36.1 Å². The van der Waals surface area contributed by atoms with Crippen LogP contribution in [0.2, 0.25) is 0 Å². The molecule has 1 saturated heterocycles. The first kappa shape index (κ1) is 14.3. The summed E-state index contributed by atoms with van der Waals surface area (Å²) in [6, 6.07) is 8.62. The van der Waals surface area contributed by atoms with Gasteiger partial charge in [-0.2, -0.15) is 0 Å². The van der Waals surface area contributed by atoms with E-state index in [1.54, 1.807) is 0 Å². The number of hydrogen-bond donors (Lipinski definition) is 0. The summed E-state index contributed by atoms with van der Waals surface area (Å²) in [5, 5.41) is 0. The second-order valence-electron chi connectivity index (χ2n) is 5.05. The summed E-state index contributed by atoms with van der Waals surface area (Å²) in [7, 11) is 0. The molecule has 2 aromatic rings. The summed E-state index contributed by atoms with van der Waals surface area (Å²) < 4.78 is 13.8. The summed E-state index contributed by atoms with van der Waals surface area (Å²) >= 11 is 3.41. The van der Waals surface area contributed by atoms with Crippen LogP contribution in [0.1, 0.15) is 5.82 Å². The van der Waals surface area contributed by atoms with Gasteiger partial charge in [0.1, 0.15) is 22.1 Å². The quantitative estimate of drug-likeness (QED) is 0.779. The molecule has 0 aliphatic carbocycles. The molecule has 0 amide bonds. The maximum Gasteiger partial charge on any atom is 0.133 e. The third-order valence-electron chi connectivity index (χ3n) is 3.59. The minimum atomic E-state index is -0.196. The van der Waals surface area contributed by atoms with E-state index >= 15 is 0 Å². The smallest absolute Gasteiger partial charge is 0.133 e. The molecule has 0 bridgehead atoms. The van der Waals surface area contributed by atoms with Crippen molar-refractivity contribution >= 4 is 27.4 Å². The first-order chi connectivity index (χ1) is 10.1. The van der Waals surface area contributed by atoms with Crippen molar-refractivity contribution < 1.29 is 4.39 Å². The van der Waals surface area contributed by atoms with Crippen LogP contribution in [0.5, 0.6) is 0 Å². The molecular formula is C15H16BrFN4. The highest BCUT2D eigenvalue weighted by atomic mass is 79.9. The molecule has 2 heterocycles. The van der Waals surface area contributed by atoms with Gasteiger partial charge in [-0.3, -0.25) is 0 Å². The molecule has 4 nitrogen and oxygen atoms in total. The number of aryl methyl sites for hydroxylation is 1. The van der Waals surface area contributed by atoms with Gasteiger partial charge in [0, 0.05) is 37.9 Å². The van der Waals surface area contributed by atoms with Crippen molar-refractivity contribution in [2.45, 2.75) is 6.92 Å². The number of rotatable bonds is 2. The van der Waals surface area contributed by atoms with Crippen LogP contribution in [0.3, 0.4) is 0 Å². The number of nitrogens with zero attached hydrogens (tertiary/aromatic N) is 4. The van der Waals surface area contributed by atoms with Crippen LogP contribution >= 0.6 is 15.9 Å². The zero-order valence-electron chi connectivity index (χ0n) is 11.8. The van der Waals surface area contributed by atoms with E-state index in [9.17, 15) is 4.39 Å². The number of hydrogen-bond acceptors (Lipinski definition) is 4. The second kappa shape index (κ2) is 5.97. The lowest BCUT2D eigenvalue weighted by Gasteiger charge is -2.36. The molecule has 0 unspecified atom stereocenters. The van der Waals surface area contributed by atoms with Gasteiger partial charge in [0.05, 0.1) is 0 Å². The van der Waals surface area contributed by atoms with Gasteiger partial charge in [0.25, 0.3) is 0 Å². The van der Waals surface area contributed by atoms with Crippen LogP contribution in [-0.2, 0) is 0 Å². The molecule has 0 radical (unpaired) electrons. The minimum Gasteiger partial charge on any atom is -0.368 e.